The molecule has 0 atom stereocenters. The van der Waals surface area contributed by atoms with E-state index in [2.05, 4.69) is 6.92 Å². The zero-order valence-electron chi connectivity index (χ0n) is 14.6. The Kier molecular flexibility index (Phi) is 7.84. The van der Waals surface area contributed by atoms with Crippen LogP contribution in [0.25, 0.3) is 0 Å². The molecule has 0 bridgehead atoms. The van der Waals surface area contributed by atoms with Crippen LogP contribution in [0.1, 0.15) is 79.6 Å². The van der Waals surface area contributed by atoms with E-state index in [4.69, 9.17) is 4.74 Å². The lowest BCUT2D eigenvalue weighted by molar-refractivity contribution is 0.0847. The van der Waals surface area contributed by atoms with Crippen molar-refractivity contribution in [1.29, 1.82) is 0 Å². The van der Waals surface area contributed by atoms with E-state index in [9.17, 15) is 4.79 Å². The molecule has 1 rings (SSSR count). The van der Waals surface area contributed by atoms with Crippen LogP contribution in [0.2, 0.25) is 0 Å². The third-order valence-corrected chi connectivity index (χ3v) is 4.23. The van der Waals surface area contributed by atoms with Gasteiger partial charge in [0.2, 0.25) is 0 Å². The van der Waals surface area contributed by atoms with E-state index in [0.29, 0.717) is 6.61 Å². The van der Waals surface area contributed by atoms with E-state index in [1.165, 1.54) is 44.1 Å². The molecule has 1 aliphatic rings. The van der Waals surface area contributed by atoms with Crippen LogP contribution >= 0.6 is 0 Å². The molecule has 0 saturated carbocycles. The van der Waals surface area contributed by atoms with Gasteiger partial charge in [-0.05, 0) is 71.8 Å². The van der Waals surface area contributed by atoms with Crippen molar-refractivity contribution >= 4 is 6.09 Å². The molecule has 122 valence electrons. The van der Waals surface area contributed by atoms with Gasteiger partial charge in [-0.1, -0.05) is 18.9 Å². The number of hydrogen-bond acceptors (Lipinski definition) is 2. The van der Waals surface area contributed by atoms with Crippen LogP contribution in [0.3, 0.4) is 0 Å². The summed E-state index contributed by atoms with van der Waals surface area (Å²) in [4.78, 5) is 14.1. The molecule has 0 heterocycles. The Morgan fingerprint density at radius 2 is 1.67 bits per heavy atom. The second-order valence-corrected chi connectivity index (χ2v) is 6.67. The van der Waals surface area contributed by atoms with Crippen LogP contribution in [-0.4, -0.2) is 29.7 Å². The van der Waals surface area contributed by atoms with Crippen molar-refractivity contribution in [2.24, 2.45) is 0 Å². The Morgan fingerprint density at radius 1 is 1.10 bits per heavy atom. The molecule has 0 radical (unpaired) electrons. The number of nitrogens with zero attached hydrogens (tertiary/aromatic N) is 1. The Bertz CT molecular complexity index is 350. The van der Waals surface area contributed by atoms with E-state index in [1.54, 1.807) is 5.57 Å². The molecule has 1 aliphatic carbocycles. The van der Waals surface area contributed by atoms with Crippen molar-refractivity contribution in [3.05, 3.63) is 11.1 Å². The van der Waals surface area contributed by atoms with Crippen molar-refractivity contribution < 1.29 is 9.53 Å². The van der Waals surface area contributed by atoms with Crippen molar-refractivity contribution in [3.8, 4) is 0 Å². The summed E-state index contributed by atoms with van der Waals surface area (Å²) in [5.41, 5.74) is 2.94. The lowest BCUT2D eigenvalue weighted by atomic mass is 9.89. The highest BCUT2D eigenvalue weighted by Gasteiger charge is 2.22. The number of rotatable bonds is 7. The highest BCUT2D eigenvalue weighted by Crippen LogP contribution is 2.28. The van der Waals surface area contributed by atoms with Gasteiger partial charge in [-0.3, -0.25) is 0 Å². The number of allylic oxidation sites excluding steroid dienone is 1. The zero-order chi connectivity index (χ0) is 15.8. The topological polar surface area (TPSA) is 29.5 Å². The molecule has 0 aromatic heterocycles. The fourth-order valence-electron chi connectivity index (χ4n) is 3.14. The monoisotopic (exact) mass is 295 g/mol. The Hall–Kier alpha value is -0.990. The van der Waals surface area contributed by atoms with E-state index >= 15 is 0 Å². The van der Waals surface area contributed by atoms with Crippen LogP contribution in [0.5, 0.6) is 0 Å². The maximum atomic E-state index is 12.3. The number of ether oxygens (including phenoxy) is 1. The normalized spacial score (nSPS) is 15.8. The van der Waals surface area contributed by atoms with Gasteiger partial charge in [0.05, 0.1) is 0 Å². The standard InChI is InChI=1S/C18H33NO2/c1-6-7-10-16-11-8-9-12-17(16)13-21-18(20)19(14(2)3)15(4)5/h14-15H,6-13H2,1-5H3. The van der Waals surface area contributed by atoms with Crippen LogP contribution in [-0.2, 0) is 4.74 Å². The summed E-state index contributed by atoms with van der Waals surface area (Å²) < 4.78 is 5.61. The van der Waals surface area contributed by atoms with Crippen LogP contribution < -0.4 is 0 Å². The molecule has 1 amide bonds. The summed E-state index contributed by atoms with van der Waals surface area (Å²) in [5, 5.41) is 0. The minimum absolute atomic E-state index is 0.173. The van der Waals surface area contributed by atoms with Crippen molar-refractivity contribution in [3.63, 3.8) is 0 Å². The molecule has 0 aromatic rings. The quantitative estimate of drug-likeness (QED) is 0.596. The van der Waals surface area contributed by atoms with Crippen molar-refractivity contribution in [2.45, 2.75) is 91.6 Å². The molecule has 3 heteroatoms. The van der Waals surface area contributed by atoms with E-state index in [0.717, 1.165) is 6.42 Å². The SMILES string of the molecule is CCCCC1=C(COC(=O)N(C(C)C)C(C)C)CCCC1. The average molecular weight is 295 g/mol. The van der Waals surface area contributed by atoms with Gasteiger partial charge in [0.15, 0.2) is 0 Å². The number of amides is 1. The average Bonchev–Trinajstić information content (AvgIpc) is 2.43. The minimum atomic E-state index is -0.173. The smallest absolute Gasteiger partial charge is 0.410 e. The summed E-state index contributed by atoms with van der Waals surface area (Å²) in [5.74, 6) is 0. The summed E-state index contributed by atoms with van der Waals surface area (Å²) >= 11 is 0. The first-order chi connectivity index (χ1) is 9.97. The molecule has 0 N–H and O–H groups in total. The first-order valence-electron chi connectivity index (χ1n) is 8.62. The second kappa shape index (κ2) is 9.11. The van der Waals surface area contributed by atoms with E-state index in [1.807, 2.05) is 32.6 Å². The van der Waals surface area contributed by atoms with E-state index < -0.39 is 0 Å². The Morgan fingerprint density at radius 3 is 2.19 bits per heavy atom. The predicted octanol–water partition coefficient (Wildman–Crippen LogP) is 5.30. The summed E-state index contributed by atoms with van der Waals surface area (Å²) in [6, 6.07) is 0.356. The van der Waals surface area contributed by atoms with E-state index in [-0.39, 0.29) is 18.2 Å². The lowest BCUT2D eigenvalue weighted by Gasteiger charge is -2.30. The van der Waals surface area contributed by atoms with Crippen molar-refractivity contribution in [2.75, 3.05) is 6.61 Å². The number of unbranched alkanes of at least 4 members (excludes halogenated alkanes) is 1. The van der Waals surface area contributed by atoms with Crippen LogP contribution in [0, 0.1) is 0 Å². The van der Waals surface area contributed by atoms with Gasteiger partial charge in [-0.2, -0.15) is 0 Å². The molecule has 0 unspecified atom stereocenters. The maximum Gasteiger partial charge on any atom is 0.410 e. The van der Waals surface area contributed by atoms with Crippen molar-refractivity contribution in [1.82, 2.24) is 4.90 Å². The molecular weight excluding hydrogens is 262 g/mol. The summed E-state index contributed by atoms with van der Waals surface area (Å²) in [7, 11) is 0. The second-order valence-electron chi connectivity index (χ2n) is 6.67. The zero-order valence-corrected chi connectivity index (χ0v) is 14.6. The molecule has 0 aromatic carbocycles. The lowest BCUT2D eigenvalue weighted by Crippen LogP contribution is -2.42. The third kappa shape index (κ3) is 5.72. The Balaban J connectivity index is 2.62. The molecule has 0 fully saturated rings. The molecule has 0 aliphatic heterocycles. The fraction of sp³-hybridized carbons (Fsp3) is 0.833. The fourth-order valence-corrected chi connectivity index (χ4v) is 3.14. The van der Waals surface area contributed by atoms with Crippen LogP contribution in [0.4, 0.5) is 4.79 Å². The Labute approximate surface area is 130 Å². The van der Waals surface area contributed by atoms with Gasteiger partial charge in [-0.25, -0.2) is 4.79 Å². The number of carbonyl (C=O) groups is 1. The number of carbonyl (C=O) groups excluding carboxylic acids is 1. The first kappa shape index (κ1) is 18.1. The van der Waals surface area contributed by atoms with Gasteiger partial charge in [-0.15, -0.1) is 0 Å². The summed E-state index contributed by atoms with van der Waals surface area (Å²) in [6.07, 6.45) is 8.32. The predicted molar refractivity (Wildman–Crippen MR) is 88.5 cm³/mol. The highest BCUT2D eigenvalue weighted by atomic mass is 16.6. The molecular formula is C18H33NO2. The van der Waals surface area contributed by atoms with Gasteiger partial charge in [0.25, 0.3) is 0 Å². The molecule has 0 spiro atoms. The molecule has 21 heavy (non-hydrogen) atoms. The molecule has 3 nitrogen and oxygen atoms in total. The summed E-state index contributed by atoms with van der Waals surface area (Å²) in [6.45, 7) is 10.9. The van der Waals surface area contributed by atoms with Gasteiger partial charge >= 0.3 is 6.09 Å². The van der Waals surface area contributed by atoms with Gasteiger partial charge in [0, 0.05) is 12.1 Å². The van der Waals surface area contributed by atoms with Gasteiger partial charge < -0.3 is 9.64 Å². The first-order valence-corrected chi connectivity index (χ1v) is 8.62. The minimum Gasteiger partial charge on any atom is -0.445 e. The van der Waals surface area contributed by atoms with Crippen LogP contribution in [0.15, 0.2) is 11.1 Å². The highest BCUT2D eigenvalue weighted by molar-refractivity contribution is 5.68. The third-order valence-electron chi connectivity index (χ3n) is 4.23. The maximum absolute atomic E-state index is 12.3. The van der Waals surface area contributed by atoms with Gasteiger partial charge in [0.1, 0.15) is 6.61 Å². The molecule has 0 saturated heterocycles. The largest absolute Gasteiger partial charge is 0.445 e. The number of hydrogen-bond donors (Lipinski definition) is 0.